The van der Waals surface area contributed by atoms with Crippen LogP contribution in [-0.2, 0) is 4.79 Å². The van der Waals surface area contributed by atoms with Crippen LogP contribution < -0.4 is 10.6 Å². The van der Waals surface area contributed by atoms with Gasteiger partial charge in [-0.25, -0.2) is 4.79 Å². The number of benzene rings is 1. The maximum Gasteiger partial charge on any atom is 0.321 e. The standard InChI is InChI=1S/C15H20N2O2S/c1-4-9-16-15(19)17-14(18)10-20-13-7-5-12(6-8-13)11(2)3/h4-8,11H,1,9-10H2,2-3H3,(H2,16,17,18,19). The van der Waals surface area contributed by atoms with Crippen molar-refractivity contribution >= 4 is 23.7 Å². The van der Waals surface area contributed by atoms with Gasteiger partial charge in [-0.15, -0.1) is 18.3 Å². The van der Waals surface area contributed by atoms with Gasteiger partial charge in [-0.3, -0.25) is 10.1 Å². The van der Waals surface area contributed by atoms with Gasteiger partial charge < -0.3 is 5.32 Å². The lowest BCUT2D eigenvalue weighted by Crippen LogP contribution is -2.40. The van der Waals surface area contributed by atoms with E-state index in [1.54, 1.807) is 6.08 Å². The highest BCUT2D eigenvalue weighted by atomic mass is 32.2. The molecule has 0 saturated carbocycles. The smallest absolute Gasteiger partial charge is 0.321 e. The lowest BCUT2D eigenvalue weighted by atomic mass is 10.0. The molecule has 0 heterocycles. The van der Waals surface area contributed by atoms with E-state index >= 15 is 0 Å². The van der Waals surface area contributed by atoms with Crippen molar-refractivity contribution in [1.29, 1.82) is 0 Å². The van der Waals surface area contributed by atoms with E-state index in [9.17, 15) is 9.59 Å². The number of carbonyl (C=O) groups is 2. The lowest BCUT2D eigenvalue weighted by molar-refractivity contribution is -0.117. The molecule has 20 heavy (non-hydrogen) atoms. The second-order valence-corrected chi connectivity index (χ2v) is 5.61. The highest BCUT2D eigenvalue weighted by molar-refractivity contribution is 8.00. The summed E-state index contributed by atoms with van der Waals surface area (Å²) in [4.78, 5) is 23.8. The summed E-state index contributed by atoms with van der Waals surface area (Å²) in [7, 11) is 0. The van der Waals surface area contributed by atoms with Gasteiger partial charge in [0, 0.05) is 11.4 Å². The Balaban J connectivity index is 2.37. The molecule has 0 atom stereocenters. The van der Waals surface area contributed by atoms with E-state index in [0.717, 1.165) is 4.90 Å². The van der Waals surface area contributed by atoms with Crippen LogP contribution in [0.25, 0.3) is 0 Å². The minimum atomic E-state index is -0.495. The molecule has 0 radical (unpaired) electrons. The van der Waals surface area contributed by atoms with E-state index in [-0.39, 0.29) is 11.7 Å². The highest BCUT2D eigenvalue weighted by Crippen LogP contribution is 2.21. The molecule has 0 saturated heterocycles. The van der Waals surface area contributed by atoms with Gasteiger partial charge in [-0.2, -0.15) is 0 Å². The molecular weight excluding hydrogens is 272 g/mol. The summed E-state index contributed by atoms with van der Waals surface area (Å²) in [6.45, 7) is 8.08. The first-order chi connectivity index (χ1) is 9.52. The molecule has 0 aliphatic heterocycles. The molecular formula is C15H20N2O2S. The quantitative estimate of drug-likeness (QED) is 0.626. The maximum absolute atomic E-state index is 11.5. The van der Waals surface area contributed by atoms with Crippen LogP contribution in [0.4, 0.5) is 4.79 Å². The summed E-state index contributed by atoms with van der Waals surface area (Å²) in [5, 5.41) is 4.74. The zero-order chi connectivity index (χ0) is 15.0. The van der Waals surface area contributed by atoms with Crippen LogP contribution in [0.5, 0.6) is 0 Å². The summed E-state index contributed by atoms with van der Waals surface area (Å²) in [6, 6.07) is 7.60. The number of hydrogen-bond donors (Lipinski definition) is 2. The van der Waals surface area contributed by atoms with Gasteiger partial charge >= 0.3 is 6.03 Å². The average molecular weight is 292 g/mol. The summed E-state index contributed by atoms with van der Waals surface area (Å²) >= 11 is 1.40. The van der Waals surface area contributed by atoms with Gasteiger partial charge in [-0.05, 0) is 23.6 Å². The Bertz CT molecular complexity index is 469. The van der Waals surface area contributed by atoms with Crippen LogP contribution in [-0.4, -0.2) is 24.2 Å². The lowest BCUT2D eigenvalue weighted by Gasteiger charge is -2.07. The minimum Gasteiger partial charge on any atom is -0.334 e. The molecule has 108 valence electrons. The van der Waals surface area contributed by atoms with Crippen LogP contribution in [0.15, 0.2) is 41.8 Å². The first-order valence-corrected chi connectivity index (χ1v) is 7.42. The monoisotopic (exact) mass is 292 g/mol. The average Bonchev–Trinajstić information content (AvgIpc) is 2.43. The first-order valence-electron chi connectivity index (χ1n) is 6.44. The van der Waals surface area contributed by atoms with Crippen molar-refractivity contribution in [2.45, 2.75) is 24.7 Å². The predicted molar refractivity (Wildman–Crippen MR) is 83.0 cm³/mol. The van der Waals surface area contributed by atoms with Gasteiger partial charge in [0.1, 0.15) is 0 Å². The third-order valence-corrected chi connectivity index (χ3v) is 3.59. The number of hydrogen-bond acceptors (Lipinski definition) is 3. The molecule has 0 spiro atoms. The minimum absolute atomic E-state index is 0.211. The molecule has 5 heteroatoms. The first kappa shape index (κ1) is 16.3. The third kappa shape index (κ3) is 5.93. The van der Waals surface area contributed by atoms with Gasteiger partial charge in [0.05, 0.1) is 5.75 Å². The Morgan fingerprint density at radius 3 is 2.50 bits per heavy atom. The number of urea groups is 1. The highest BCUT2D eigenvalue weighted by Gasteiger charge is 2.07. The van der Waals surface area contributed by atoms with E-state index < -0.39 is 6.03 Å². The Morgan fingerprint density at radius 2 is 1.95 bits per heavy atom. The van der Waals surface area contributed by atoms with Gasteiger partial charge in [0.2, 0.25) is 5.91 Å². The van der Waals surface area contributed by atoms with Gasteiger partial charge in [0.25, 0.3) is 0 Å². The fourth-order valence-electron chi connectivity index (χ4n) is 1.47. The zero-order valence-corrected chi connectivity index (χ0v) is 12.6. The molecule has 0 fully saturated rings. The predicted octanol–water partition coefficient (Wildman–Crippen LogP) is 2.91. The molecule has 2 N–H and O–H groups in total. The molecule has 0 aliphatic rings. The number of imide groups is 1. The van der Waals surface area contributed by atoms with Crippen molar-refractivity contribution in [3.05, 3.63) is 42.5 Å². The largest absolute Gasteiger partial charge is 0.334 e. The Labute approximate surface area is 124 Å². The van der Waals surface area contributed by atoms with E-state index in [1.165, 1.54) is 17.3 Å². The molecule has 0 bridgehead atoms. The molecule has 4 nitrogen and oxygen atoms in total. The summed E-state index contributed by atoms with van der Waals surface area (Å²) in [5.41, 5.74) is 1.27. The molecule has 1 rings (SSSR count). The topological polar surface area (TPSA) is 58.2 Å². The molecule has 0 unspecified atom stereocenters. The molecule has 1 aromatic rings. The Kier molecular flexibility index (Phi) is 6.87. The molecule has 3 amide bonds. The molecule has 1 aromatic carbocycles. The van der Waals surface area contributed by atoms with Crippen molar-refractivity contribution in [1.82, 2.24) is 10.6 Å². The third-order valence-electron chi connectivity index (χ3n) is 2.58. The molecule has 0 aliphatic carbocycles. The number of thioether (sulfide) groups is 1. The van der Waals surface area contributed by atoms with Crippen molar-refractivity contribution in [2.24, 2.45) is 0 Å². The van der Waals surface area contributed by atoms with E-state index in [2.05, 4.69) is 43.2 Å². The normalized spacial score (nSPS) is 10.2. The number of rotatable bonds is 6. The van der Waals surface area contributed by atoms with Crippen molar-refractivity contribution < 1.29 is 9.59 Å². The fourth-order valence-corrected chi connectivity index (χ4v) is 2.17. The fraction of sp³-hybridized carbons (Fsp3) is 0.333. The Hall–Kier alpha value is -1.75. The number of carbonyl (C=O) groups excluding carboxylic acids is 2. The van der Waals surface area contributed by atoms with Crippen LogP contribution in [0, 0.1) is 0 Å². The summed E-state index contributed by atoms with van der Waals surface area (Å²) in [5.74, 6) is 0.387. The Morgan fingerprint density at radius 1 is 1.30 bits per heavy atom. The van der Waals surface area contributed by atoms with Crippen LogP contribution >= 0.6 is 11.8 Å². The van der Waals surface area contributed by atoms with Crippen molar-refractivity contribution in [3.8, 4) is 0 Å². The van der Waals surface area contributed by atoms with Gasteiger partial charge in [-0.1, -0.05) is 32.1 Å². The summed E-state index contributed by atoms with van der Waals surface area (Å²) < 4.78 is 0. The van der Waals surface area contributed by atoms with Crippen LogP contribution in [0.1, 0.15) is 25.3 Å². The van der Waals surface area contributed by atoms with Crippen LogP contribution in [0.3, 0.4) is 0 Å². The second kappa shape index (κ2) is 8.43. The maximum atomic E-state index is 11.5. The van der Waals surface area contributed by atoms with E-state index in [4.69, 9.17) is 0 Å². The molecule has 0 aromatic heterocycles. The summed E-state index contributed by atoms with van der Waals surface area (Å²) in [6.07, 6.45) is 1.55. The van der Waals surface area contributed by atoms with Crippen molar-refractivity contribution in [2.75, 3.05) is 12.3 Å². The second-order valence-electron chi connectivity index (χ2n) is 4.56. The van der Waals surface area contributed by atoms with Crippen LogP contribution in [0.2, 0.25) is 0 Å². The SMILES string of the molecule is C=CCNC(=O)NC(=O)CSc1ccc(C(C)C)cc1. The zero-order valence-electron chi connectivity index (χ0n) is 11.8. The van der Waals surface area contributed by atoms with Gasteiger partial charge in [0.15, 0.2) is 0 Å². The number of nitrogens with one attached hydrogen (secondary N) is 2. The van der Waals surface area contributed by atoms with E-state index in [0.29, 0.717) is 12.5 Å². The number of amides is 3. The van der Waals surface area contributed by atoms with E-state index in [1.807, 2.05) is 12.1 Å². The van der Waals surface area contributed by atoms with Crippen molar-refractivity contribution in [3.63, 3.8) is 0 Å².